The van der Waals surface area contributed by atoms with Crippen molar-refractivity contribution in [2.24, 2.45) is 35.5 Å². The third kappa shape index (κ3) is 27.0. The number of ether oxygens (including phenoxy) is 1. The Labute approximate surface area is 423 Å². The summed E-state index contributed by atoms with van der Waals surface area (Å²) in [4.78, 5) is 125. The van der Waals surface area contributed by atoms with Crippen molar-refractivity contribution in [1.82, 2.24) is 37.2 Å². The van der Waals surface area contributed by atoms with Crippen LogP contribution in [0.4, 0.5) is 0 Å². The van der Waals surface area contributed by atoms with Crippen molar-refractivity contribution in [3.05, 3.63) is 0 Å². The number of cyclic esters (lactones) is 1. The molecule has 1 rings (SSSR count). The highest BCUT2D eigenvalue weighted by Crippen LogP contribution is 2.19. The first-order valence-corrected chi connectivity index (χ1v) is 26.3. The fourth-order valence-electron chi connectivity index (χ4n) is 8.45. The van der Waals surface area contributed by atoms with Crippen LogP contribution in [0.25, 0.3) is 0 Å². The zero-order valence-electron chi connectivity index (χ0n) is 45.2. The predicted octanol–water partition coefficient (Wildman–Crippen LogP) is 4.56. The molecule has 7 amide bonds. The predicted molar refractivity (Wildman–Crippen MR) is 271 cm³/mol. The summed E-state index contributed by atoms with van der Waals surface area (Å²) < 4.78 is 6.10. The molecular formula is C52H93N7O12. The van der Waals surface area contributed by atoms with Gasteiger partial charge in [0.2, 0.25) is 41.4 Å². The number of aliphatic hydroxyl groups excluding tert-OH is 1. The van der Waals surface area contributed by atoms with Crippen LogP contribution in [-0.2, 0) is 47.9 Å². The molecule has 0 aromatic rings. The van der Waals surface area contributed by atoms with Gasteiger partial charge in [-0.3, -0.25) is 38.4 Å². The van der Waals surface area contributed by atoms with E-state index in [1.165, 1.54) is 0 Å². The van der Waals surface area contributed by atoms with Crippen molar-refractivity contribution < 1.29 is 58.1 Å². The van der Waals surface area contributed by atoms with Crippen LogP contribution >= 0.6 is 0 Å². The van der Waals surface area contributed by atoms with Crippen molar-refractivity contribution in [3.8, 4) is 0 Å². The molecule has 0 spiro atoms. The lowest BCUT2D eigenvalue weighted by molar-refractivity contribution is -0.155. The van der Waals surface area contributed by atoms with Crippen LogP contribution in [0.2, 0.25) is 0 Å². The normalized spacial score (nSPS) is 24.9. The van der Waals surface area contributed by atoms with Crippen LogP contribution in [0.1, 0.15) is 186 Å². The Hall–Kier alpha value is -4.81. The maximum atomic E-state index is 14.2. The second-order valence-corrected chi connectivity index (χ2v) is 22.2. The van der Waals surface area contributed by atoms with Gasteiger partial charge in [-0.25, -0.2) is 4.79 Å². The van der Waals surface area contributed by atoms with Crippen molar-refractivity contribution in [2.45, 2.75) is 241 Å². The number of amides is 7. The van der Waals surface area contributed by atoms with Gasteiger partial charge in [0.1, 0.15) is 48.4 Å². The van der Waals surface area contributed by atoms with Crippen molar-refractivity contribution >= 4 is 53.3 Å². The van der Waals surface area contributed by atoms with E-state index in [9.17, 15) is 53.4 Å². The smallest absolute Gasteiger partial charge is 0.328 e. The number of carbonyl (C=O) groups is 9. The highest BCUT2D eigenvalue weighted by atomic mass is 16.5. The zero-order chi connectivity index (χ0) is 54.1. The first kappa shape index (κ1) is 64.2. The van der Waals surface area contributed by atoms with Gasteiger partial charge >= 0.3 is 11.9 Å². The first-order chi connectivity index (χ1) is 33.1. The number of carbonyl (C=O) groups excluding carboxylic acids is 8. The molecule has 0 aromatic heterocycles. The monoisotopic (exact) mass is 1010 g/mol. The Balaban J connectivity index is 3.95. The minimum Gasteiger partial charge on any atom is -0.481 e. The Morgan fingerprint density at radius 1 is 0.479 bits per heavy atom. The van der Waals surface area contributed by atoms with Crippen LogP contribution in [0.15, 0.2) is 0 Å². The second-order valence-electron chi connectivity index (χ2n) is 22.2. The van der Waals surface area contributed by atoms with Crippen LogP contribution in [0, 0.1) is 35.5 Å². The number of esters is 1. The Morgan fingerprint density at radius 2 is 0.831 bits per heavy atom. The van der Waals surface area contributed by atoms with E-state index < -0.39 is 114 Å². The van der Waals surface area contributed by atoms with Crippen LogP contribution in [-0.4, -0.2) is 118 Å². The molecule has 9 atom stereocenters. The summed E-state index contributed by atoms with van der Waals surface area (Å²) in [6.45, 7) is 23.5. The lowest BCUT2D eigenvalue weighted by atomic mass is 9.97. The zero-order valence-corrected chi connectivity index (χ0v) is 45.2. The number of hydrogen-bond donors (Lipinski definition) is 9. The van der Waals surface area contributed by atoms with Crippen LogP contribution < -0.4 is 37.2 Å². The molecule has 0 bridgehead atoms. The molecule has 1 saturated heterocycles. The highest BCUT2D eigenvalue weighted by molar-refractivity contribution is 5.98. The van der Waals surface area contributed by atoms with Gasteiger partial charge in [0.15, 0.2) is 0 Å². The molecule has 19 heteroatoms. The van der Waals surface area contributed by atoms with E-state index in [0.29, 0.717) is 12.8 Å². The number of aliphatic carboxylic acids is 1. The van der Waals surface area contributed by atoms with Crippen molar-refractivity contribution in [2.75, 3.05) is 0 Å². The van der Waals surface area contributed by atoms with E-state index in [2.05, 4.69) is 37.2 Å². The van der Waals surface area contributed by atoms with E-state index in [4.69, 9.17) is 4.74 Å². The van der Waals surface area contributed by atoms with E-state index in [1.807, 2.05) is 69.2 Å². The molecule has 0 aliphatic carbocycles. The van der Waals surface area contributed by atoms with Gasteiger partial charge in [-0.2, -0.15) is 0 Å². The fourth-order valence-corrected chi connectivity index (χ4v) is 8.45. The molecule has 408 valence electrons. The van der Waals surface area contributed by atoms with E-state index in [1.54, 1.807) is 20.8 Å². The quantitative estimate of drug-likeness (QED) is 0.0533. The molecule has 1 aliphatic heterocycles. The number of carboxylic acids is 1. The van der Waals surface area contributed by atoms with Crippen molar-refractivity contribution in [1.29, 1.82) is 0 Å². The molecule has 0 radical (unpaired) electrons. The van der Waals surface area contributed by atoms with Gasteiger partial charge < -0.3 is 52.2 Å². The molecule has 1 fully saturated rings. The molecule has 0 saturated carbocycles. The van der Waals surface area contributed by atoms with Crippen LogP contribution in [0.5, 0.6) is 0 Å². The molecule has 71 heavy (non-hydrogen) atoms. The van der Waals surface area contributed by atoms with Gasteiger partial charge in [-0.1, -0.05) is 115 Å². The number of unbranched alkanes of at least 4 members (excludes halogenated alkanes) is 5. The van der Waals surface area contributed by atoms with Crippen molar-refractivity contribution in [3.63, 3.8) is 0 Å². The summed E-state index contributed by atoms with van der Waals surface area (Å²) in [5, 5.41) is 38.4. The summed E-state index contributed by atoms with van der Waals surface area (Å²) in [6, 6.07) is -8.95. The topological polar surface area (TPSA) is 288 Å². The summed E-state index contributed by atoms with van der Waals surface area (Å²) >= 11 is 0. The Bertz CT molecular complexity index is 1720. The molecule has 9 unspecified atom stereocenters. The van der Waals surface area contributed by atoms with Gasteiger partial charge in [-0.05, 0) is 93.8 Å². The minimum absolute atomic E-state index is 0.0718. The minimum atomic E-state index is -1.69. The van der Waals surface area contributed by atoms with Gasteiger partial charge in [0.05, 0.1) is 18.9 Å². The van der Waals surface area contributed by atoms with Gasteiger partial charge in [-0.15, -0.1) is 0 Å². The van der Waals surface area contributed by atoms with Gasteiger partial charge in [0.25, 0.3) is 0 Å². The molecule has 19 nitrogen and oxygen atoms in total. The Kier molecular flexibility index (Phi) is 29.9. The molecule has 9 N–H and O–H groups in total. The number of nitrogens with one attached hydrogen (secondary N) is 7. The number of rotatable bonds is 22. The van der Waals surface area contributed by atoms with E-state index in [0.717, 1.165) is 38.5 Å². The summed E-state index contributed by atoms with van der Waals surface area (Å²) in [5.74, 6) is -8.71. The lowest BCUT2D eigenvalue weighted by Crippen LogP contribution is -2.61. The standard InChI is InChI=1S/C52H93N7O12/c1-29(2)22-37-46(64)54-38(23-30(3)4)47(65)56-41(28-44(62)63)50(68)59-45(34(11)12)51(69)57-40(25-32(7)8)48(66)55-39(24-31(5)6)49(67)58-42(26-33(9)10)52(70)71-36(27-43(61)53-37)21-19-17-15-14-16-18-20-35(13)60/h29-42,45,60H,14-28H2,1-13H3,(H,53,61)(H,54,64)(H,55,66)(H,56,65)(H,57,69)(H,58,67)(H,59,68)(H,62,63). The van der Waals surface area contributed by atoms with E-state index >= 15 is 0 Å². The second kappa shape index (κ2) is 33.0. The number of aliphatic hydroxyl groups is 1. The molecular weight excluding hydrogens is 915 g/mol. The van der Waals surface area contributed by atoms with Gasteiger partial charge in [0, 0.05) is 0 Å². The number of hydrogen-bond acceptors (Lipinski definition) is 11. The molecule has 1 aliphatic rings. The third-order valence-corrected chi connectivity index (χ3v) is 12.0. The summed E-state index contributed by atoms with van der Waals surface area (Å²) in [7, 11) is 0. The molecule has 0 aromatic carbocycles. The highest BCUT2D eigenvalue weighted by Gasteiger charge is 2.37. The maximum Gasteiger partial charge on any atom is 0.328 e. The summed E-state index contributed by atoms with van der Waals surface area (Å²) in [5.41, 5.74) is 0. The largest absolute Gasteiger partial charge is 0.481 e. The number of carboxylic acid groups (broad SMARTS) is 1. The average molecular weight is 1010 g/mol. The third-order valence-electron chi connectivity index (χ3n) is 12.0. The maximum absolute atomic E-state index is 14.2. The average Bonchev–Trinajstić information content (AvgIpc) is 3.23. The lowest BCUT2D eigenvalue weighted by Gasteiger charge is -2.30. The fraction of sp³-hybridized carbons (Fsp3) is 0.827. The summed E-state index contributed by atoms with van der Waals surface area (Å²) in [6.07, 6.45) is 4.22. The molecule has 1 heterocycles. The van der Waals surface area contributed by atoms with Crippen LogP contribution in [0.3, 0.4) is 0 Å². The van der Waals surface area contributed by atoms with E-state index in [-0.39, 0.29) is 74.2 Å². The Morgan fingerprint density at radius 3 is 1.24 bits per heavy atom. The first-order valence-electron chi connectivity index (χ1n) is 26.3. The SMILES string of the molecule is CC(C)CC1NC(=O)CC(CCCCCCCCC(C)O)OC(=O)C(CC(C)C)NC(=O)C(CC(C)C)NC(=O)C(CC(C)C)NC(=O)C(C(C)C)NC(=O)C(CC(=O)O)NC(=O)C(CC(C)C)NC1=O.